The number of hydrogen-bond acceptors (Lipinski definition) is 4. The first-order valence-corrected chi connectivity index (χ1v) is 8.91. The van der Waals surface area contributed by atoms with E-state index in [0.717, 1.165) is 28.6 Å². The fourth-order valence-corrected chi connectivity index (χ4v) is 3.42. The van der Waals surface area contributed by atoms with Crippen LogP contribution in [0.2, 0.25) is 0 Å². The highest BCUT2D eigenvalue weighted by Gasteiger charge is 2.29. The summed E-state index contributed by atoms with van der Waals surface area (Å²) in [6.45, 7) is 3.06. The second-order valence-electron chi connectivity index (χ2n) is 6.90. The van der Waals surface area contributed by atoms with Crippen molar-refractivity contribution in [1.82, 2.24) is 14.9 Å². The molecule has 1 saturated heterocycles. The lowest BCUT2D eigenvalue weighted by Crippen LogP contribution is -2.45. The molecule has 1 aliphatic heterocycles. The lowest BCUT2D eigenvalue weighted by atomic mass is 9.95. The molecule has 3 heterocycles. The average molecular weight is 347 g/mol. The molecule has 2 atom stereocenters. The van der Waals surface area contributed by atoms with Gasteiger partial charge in [-0.2, -0.15) is 0 Å². The zero-order chi connectivity index (χ0) is 18.1. The van der Waals surface area contributed by atoms with Crippen LogP contribution in [0.15, 0.2) is 54.9 Å². The number of para-hydroxylation sites is 1. The predicted molar refractivity (Wildman–Crippen MR) is 101 cm³/mol. The van der Waals surface area contributed by atoms with Crippen molar-refractivity contribution in [2.24, 2.45) is 5.92 Å². The molecule has 4 rings (SSSR count). The van der Waals surface area contributed by atoms with E-state index in [2.05, 4.69) is 4.98 Å². The van der Waals surface area contributed by atoms with Gasteiger partial charge in [-0.05, 0) is 36.6 Å². The number of aromatic nitrogens is 2. The molecule has 0 aliphatic carbocycles. The van der Waals surface area contributed by atoms with Gasteiger partial charge in [0.15, 0.2) is 0 Å². The van der Waals surface area contributed by atoms with E-state index < -0.39 is 6.10 Å². The number of pyridine rings is 2. The maximum atomic E-state index is 13.2. The summed E-state index contributed by atoms with van der Waals surface area (Å²) < 4.78 is 0. The summed E-state index contributed by atoms with van der Waals surface area (Å²) in [6, 6.07) is 13.3. The Bertz CT molecular complexity index is 942. The van der Waals surface area contributed by atoms with E-state index in [9.17, 15) is 9.90 Å². The smallest absolute Gasteiger partial charge is 0.254 e. The number of fused-ring (bicyclic) bond motifs is 1. The third-order valence-electron chi connectivity index (χ3n) is 5.11. The number of hydrogen-bond donors (Lipinski definition) is 1. The number of carbonyl (C=O) groups is 1. The maximum Gasteiger partial charge on any atom is 0.254 e. The summed E-state index contributed by atoms with van der Waals surface area (Å²) in [5.74, 6) is 0.166. The zero-order valence-electron chi connectivity index (χ0n) is 14.7. The Labute approximate surface area is 152 Å². The summed E-state index contributed by atoms with van der Waals surface area (Å²) in [5.41, 5.74) is 3.00. The van der Waals surface area contributed by atoms with Crippen molar-refractivity contribution in [3.8, 4) is 11.3 Å². The molecule has 0 spiro atoms. The molecule has 1 aromatic carbocycles. The minimum absolute atomic E-state index is 0.0558. The normalized spacial score (nSPS) is 20.3. The van der Waals surface area contributed by atoms with E-state index in [-0.39, 0.29) is 11.8 Å². The molecular formula is C21H21N3O2. The molecule has 3 aromatic rings. The van der Waals surface area contributed by atoms with Crippen molar-refractivity contribution in [2.75, 3.05) is 13.1 Å². The molecule has 132 valence electrons. The Morgan fingerprint density at radius 3 is 2.85 bits per heavy atom. The van der Waals surface area contributed by atoms with Gasteiger partial charge in [-0.15, -0.1) is 0 Å². The first-order valence-electron chi connectivity index (χ1n) is 8.91. The average Bonchev–Trinajstić information content (AvgIpc) is 2.69. The fourth-order valence-electron chi connectivity index (χ4n) is 3.42. The third-order valence-corrected chi connectivity index (χ3v) is 5.11. The summed E-state index contributed by atoms with van der Waals surface area (Å²) in [7, 11) is 0. The van der Waals surface area contributed by atoms with Crippen molar-refractivity contribution in [3.63, 3.8) is 0 Å². The first-order chi connectivity index (χ1) is 12.6. The van der Waals surface area contributed by atoms with Crippen LogP contribution in [-0.4, -0.2) is 45.1 Å². The maximum absolute atomic E-state index is 13.2. The summed E-state index contributed by atoms with van der Waals surface area (Å²) >= 11 is 0. The molecule has 1 N–H and O–H groups in total. The Hall–Kier alpha value is -2.79. The number of aliphatic hydroxyl groups excluding tert-OH is 1. The SMILES string of the molecule is CC1CCN(C(=O)c2cc(-c3cccnc3)nc3ccccc23)CC1O. The third kappa shape index (κ3) is 3.06. The summed E-state index contributed by atoms with van der Waals surface area (Å²) in [6.07, 6.45) is 3.80. The predicted octanol–water partition coefficient (Wildman–Crippen LogP) is 3.14. The molecular weight excluding hydrogens is 326 g/mol. The van der Waals surface area contributed by atoms with Gasteiger partial charge in [-0.25, -0.2) is 4.98 Å². The van der Waals surface area contributed by atoms with Gasteiger partial charge >= 0.3 is 0 Å². The molecule has 2 unspecified atom stereocenters. The zero-order valence-corrected chi connectivity index (χ0v) is 14.7. The van der Waals surface area contributed by atoms with E-state index in [1.807, 2.05) is 49.4 Å². The molecule has 0 radical (unpaired) electrons. The van der Waals surface area contributed by atoms with Crippen molar-refractivity contribution in [1.29, 1.82) is 0 Å². The highest BCUT2D eigenvalue weighted by Crippen LogP contribution is 2.27. The van der Waals surface area contributed by atoms with Crippen LogP contribution in [0.3, 0.4) is 0 Å². The highest BCUT2D eigenvalue weighted by molar-refractivity contribution is 6.07. The van der Waals surface area contributed by atoms with Crippen LogP contribution in [0.4, 0.5) is 0 Å². The number of piperidine rings is 1. The van der Waals surface area contributed by atoms with Crippen LogP contribution in [0.5, 0.6) is 0 Å². The highest BCUT2D eigenvalue weighted by atomic mass is 16.3. The van der Waals surface area contributed by atoms with Crippen LogP contribution in [0, 0.1) is 5.92 Å². The Kier molecular flexibility index (Phi) is 4.39. The van der Waals surface area contributed by atoms with Crippen LogP contribution < -0.4 is 0 Å². The number of rotatable bonds is 2. The quantitative estimate of drug-likeness (QED) is 0.773. The number of β-amino-alcohol motifs (C(OH)–C–C–N with tert-alkyl or cyclic N) is 1. The van der Waals surface area contributed by atoms with Crippen LogP contribution in [0.25, 0.3) is 22.2 Å². The molecule has 2 aromatic heterocycles. The molecule has 5 heteroatoms. The monoisotopic (exact) mass is 347 g/mol. The standard InChI is InChI=1S/C21H21N3O2/c1-14-8-10-24(13-20(14)25)21(26)17-11-19(15-5-4-9-22-12-15)23-18-7-3-2-6-16(17)18/h2-7,9,11-12,14,20,25H,8,10,13H2,1H3. The van der Waals surface area contributed by atoms with E-state index >= 15 is 0 Å². The second kappa shape index (κ2) is 6.84. The van der Waals surface area contributed by atoms with Gasteiger partial charge < -0.3 is 10.0 Å². The minimum atomic E-state index is -0.474. The van der Waals surface area contributed by atoms with Crippen LogP contribution in [0.1, 0.15) is 23.7 Å². The molecule has 1 fully saturated rings. The van der Waals surface area contributed by atoms with Crippen molar-refractivity contribution in [2.45, 2.75) is 19.4 Å². The number of aliphatic hydroxyl groups is 1. The number of likely N-dealkylation sites (tertiary alicyclic amines) is 1. The second-order valence-corrected chi connectivity index (χ2v) is 6.90. The van der Waals surface area contributed by atoms with Gasteiger partial charge in [0.1, 0.15) is 0 Å². The molecule has 1 amide bonds. The molecule has 1 aliphatic rings. The Morgan fingerprint density at radius 2 is 2.08 bits per heavy atom. The van der Waals surface area contributed by atoms with Gasteiger partial charge in [0, 0.05) is 36.4 Å². The van der Waals surface area contributed by atoms with Gasteiger partial charge in [0.2, 0.25) is 0 Å². The first kappa shape index (κ1) is 16.7. The Balaban J connectivity index is 1.79. The summed E-state index contributed by atoms with van der Waals surface area (Å²) in [4.78, 5) is 23.8. The van der Waals surface area contributed by atoms with Gasteiger partial charge in [-0.3, -0.25) is 9.78 Å². The van der Waals surface area contributed by atoms with Gasteiger partial charge in [0.05, 0.1) is 22.9 Å². The molecule has 0 saturated carbocycles. The van der Waals surface area contributed by atoms with Crippen LogP contribution in [-0.2, 0) is 0 Å². The largest absolute Gasteiger partial charge is 0.391 e. The fraction of sp³-hybridized carbons (Fsp3) is 0.286. The van der Waals surface area contributed by atoms with E-state index in [1.165, 1.54) is 0 Å². The minimum Gasteiger partial charge on any atom is -0.391 e. The van der Waals surface area contributed by atoms with E-state index in [4.69, 9.17) is 4.98 Å². The number of benzene rings is 1. The van der Waals surface area contributed by atoms with Crippen molar-refractivity contribution in [3.05, 3.63) is 60.4 Å². The molecule has 26 heavy (non-hydrogen) atoms. The topological polar surface area (TPSA) is 66.3 Å². The number of carbonyl (C=O) groups excluding carboxylic acids is 1. The van der Waals surface area contributed by atoms with Crippen molar-refractivity contribution >= 4 is 16.8 Å². The summed E-state index contributed by atoms with van der Waals surface area (Å²) in [5, 5.41) is 11.0. The lowest BCUT2D eigenvalue weighted by Gasteiger charge is -2.34. The number of nitrogens with zero attached hydrogens (tertiary/aromatic N) is 3. The number of amides is 1. The molecule has 5 nitrogen and oxygen atoms in total. The Morgan fingerprint density at radius 1 is 1.23 bits per heavy atom. The molecule has 0 bridgehead atoms. The lowest BCUT2D eigenvalue weighted by molar-refractivity contribution is 0.0250. The van der Waals surface area contributed by atoms with Crippen LogP contribution >= 0.6 is 0 Å². The van der Waals surface area contributed by atoms with E-state index in [1.54, 1.807) is 17.3 Å². The van der Waals surface area contributed by atoms with Gasteiger partial charge in [-0.1, -0.05) is 25.1 Å². The van der Waals surface area contributed by atoms with Gasteiger partial charge in [0.25, 0.3) is 5.91 Å². The van der Waals surface area contributed by atoms with E-state index in [0.29, 0.717) is 18.7 Å². The van der Waals surface area contributed by atoms with Crippen molar-refractivity contribution < 1.29 is 9.90 Å².